The molecule has 78 heavy (non-hydrogen) atoms. The number of benzene rings is 4. The lowest BCUT2D eigenvalue weighted by Gasteiger charge is -2.35. The fraction of sp³-hybridized carbons (Fsp3) is 0.421. The summed E-state index contributed by atoms with van der Waals surface area (Å²) < 4.78 is 66.4. The number of hydrogen-bond donors (Lipinski definition) is 2. The molecule has 0 radical (unpaired) electrons. The van der Waals surface area contributed by atoms with Crippen molar-refractivity contribution in [2.24, 2.45) is 5.92 Å². The molecule has 3 aliphatic heterocycles. The normalized spacial score (nSPS) is 20.4. The lowest BCUT2D eigenvalue weighted by Crippen LogP contribution is -2.55. The number of carbonyl (C=O) groups excluding carboxylic acids is 4. The summed E-state index contributed by atoms with van der Waals surface area (Å²) in [6, 6.07) is 22.7. The quantitative estimate of drug-likeness (QED) is 0.0592. The molecule has 5 aromatic rings. The molecule has 4 heterocycles. The molecule has 16 nitrogen and oxygen atoms in total. The second-order valence-electron chi connectivity index (χ2n) is 20.6. The molecule has 1 aliphatic carbocycles. The highest BCUT2D eigenvalue weighted by molar-refractivity contribution is 7.81. The number of thiocarbonyl (C=S) groups is 1. The summed E-state index contributed by atoms with van der Waals surface area (Å²) in [6.45, 7) is 10.2. The van der Waals surface area contributed by atoms with E-state index in [0.29, 0.717) is 28.3 Å². The smallest absolute Gasteiger partial charge is 0.417 e. The summed E-state index contributed by atoms with van der Waals surface area (Å²) in [6.07, 6.45) is -3.53. The van der Waals surface area contributed by atoms with Gasteiger partial charge in [-0.25, -0.2) is 4.98 Å². The van der Waals surface area contributed by atoms with Gasteiger partial charge in [-0.15, -0.1) is 11.3 Å². The van der Waals surface area contributed by atoms with E-state index >= 15 is 0 Å². The monoisotopic (exact) mass is 1110 g/mol. The second kappa shape index (κ2) is 23.2. The van der Waals surface area contributed by atoms with Crippen LogP contribution in [0.15, 0.2) is 90.4 Å². The van der Waals surface area contributed by atoms with Crippen molar-refractivity contribution in [3.63, 3.8) is 0 Å². The van der Waals surface area contributed by atoms with Crippen LogP contribution in [0, 0.1) is 24.2 Å². The summed E-state index contributed by atoms with van der Waals surface area (Å²) in [7, 11) is 0. The van der Waals surface area contributed by atoms with E-state index < -0.39 is 52.8 Å². The summed E-state index contributed by atoms with van der Waals surface area (Å²) in [4.78, 5) is 66.5. The van der Waals surface area contributed by atoms with Gasteiger partial charge in [0, 0.05) is 42.9 Å². The number of aliphatic hydroxyl groups is 1. The van der Waals surface area contributed by atoms with Crippen LogP contribution in [-0.4, -0.2) is 118 Å². The molecule has 4 aromatic carbocycles. The minimum atomic E-state index is -4.81. The maximum Gasteiger partial charge on any atom is 0.417 e. The highest BCUT2D eigenvalue weighted by Crippen LogP contribution is 2.41. The number of amides is 4. The third-order valence-electron chi connectivity index (χ3n) is 14.7. The number of rotatable bonds is 19. The van der Waals surface area contributed by atoms with Gasteiger partial charge in [0.05, 0.1) is 70.5 Å². The zero-order valence-electron chi connectivity index (χ0n) is 43.7. The number of fused-ring (bicyclic) bond motifs is 1. The highest BCUT2D eigenvalue weighted by atomic mass is 32.1. The van der Waals surface area contributed by atoms with Crippen molar-refractivity contribution in [1.82, 2.24) is 20.1 Å². The first-order valence-corrected chi connectivity index (χ1v) is 27.1. The van der Waals surface area contributed by atoms with Crippen LogP contribution in [0.3, 0.4) is 0 Å². The van der Waals surface area contributed by atoms with Crippen molar-refractivity contribution >= 4 is 63.7 Å². The number of aromatic nitrogens is 1. The van der Waals surface area contributed by atoms with Gasteiger partial charge in [0.25, 0.3) is 11.8 Å². The molecule has 2 N–H and O–H groups in total. The van der Waals surface area contributed by atoms with Crippen LogP contribution in [0.4, 0.5) is 24.5 Å². The number of aryl methyl sites for hydroxylation is 1. The maximum atomic E-state index is 14.3. The number of nitrogens with zero attached hydrogens (tertiary/aromatic N) is 6. The topological polar surface area (TPSA) is 187 Å². The Morgan fingerprint density at radius 3 is 2.29 bits per heavy atom. The molecular weight excluding hydrogens is 1050 g/mol. The molecule has 3 fully saturated rings. The first kappa shape index (κ1) is 55.8. The Morgan fingerprint density at radius 1 is 0.949 bits per heavy atom. The maximum absolute atomic E-state index is 14.3. The third-order valence-corrected chi connectivity index (χ3v) is 16.0. The molecule has 5 atom stereocenters. The summed E-state index contributed by atoms with van der Waals surface area (Å²) in [5.41, 5.74) is 3.10. The molecule has 0 unspecified atom stereocenters. The van der Waals surface area contributed by atoms with Crippen molar-refractivity contribution < 1.29 is 56.4 Å². The number of likely N-dealkylation sites (tertiary alicyclic amines) is 1. The van der Waals surface area contributed by atoms with Gasteiger partial charge in [-0.1, -0.05) is 44.2 Å². The minimum absolute atomic E-state index is 0.0149. The van der Waals surface area contributed by atoms with E-state index in [2.05, 4.69) is 10.3 Å². The predicted octanol–water partition coefficient (Wildman–Crippen LogP) is 8.60. The second-order valence-corrected chi connectivity index (χ2v) is 21.8. The Bertz CT molecular complexity index is 3130. The SMILES string of the molecule is Cc1ncsc1-c1ccc(CNC(=O)[C@@H]2C[C@@H](O)CN2C(=O)[C@H](C(C)C)N2Cc3ccccc3C2=O)c(OCCO[C@@H]2CCC[C@@H]2OCCOc2ccc(N3C(=S)N(c4ccc(C#N)c(C(F)(F)F)c4)C(=O)C3(C)C)cc2)c1. The van der Waals surface area contributed by atoms with Crippen LogP contribution in [-0.2, 0) is 43.1 Å². The fourth-order valence-electron chi connectivity index (χ4n) is 10.7. The summed E-state index contributed by atoms with van der Waals surface area (Å²) in [5, 5.41) is 23.1. The number of aliphatic hydroxyl groups excluding tert-OH is 1. The van der Waals surface area contributed by atoms with Gasteiger partial charge in [-0.05, 0) is 124 Å². The first-order valence-electron chi connectivity index (χ1n) is 25.8. The van der Waals surface area contributed by atoms with E-state index in [1.165, 1.54) is 22.3 Å². The molecule has 21 heteroatoms. The van der Waals surface area contributed by atoms with Gasteiger partial charge in [0.1, 0.15) is 42.3 Å². The Kier molecular flexibility index (Phi) is 16.6. The Balaban J connectivity index is 0.770. The predicted molar refractivity (Wildman–Crippen MR) is 289 cm³/mol. The molecule has 410 valence electrons. The number of hydrogen-bond acceptors (Lipinski definition) is 13. The van der Waals surface area contributed by atoms with Crippen molar-refractivity contribution in [2.45, 2.75) is 116 Å². The molecule has 0 spiro atoms. The number of thiazole rings is 1. The third kappa shape index (κ3) is 11.5. The number of halogens is 3. The number of nitrogens with one attached hydrogen (secondary N) is 1. The molecule has 0 bridgehead atoms. The van der Waals surface area contributed by atoms with Crippen LogP contribution < -0.4 is 24.6 Å². The zero-order valence-corrected chi connectivity index (χ0v) is 45.4. The molecule has 2 saturated heterocycles. The number of anilines is 2. The fourth-order valence-corrected chi connectivity index (χ4v) is 12.1. The molecule has 4 aliphatic rings. The van der Waals surface area contributed by atoms with Crippen molar-refractivity contribution in [3.8, 4) is 28.0 Å². The molecule has 4 amide bonds. The average molecular weight is 1110 g/mol. The Labute approximate surface area is 459 Å². The Morgan fingerprint density at radius 2 is 1.64 bits per heavy atom. The van der Waals surface area contributed by atoms with Gasteiger partial charge in [0.15, 0.2) is 5.11 Å². The number of carbonyl (C=O) groups is 4. The highest BCUT2D eigenvalue weighted by Gasteiger charge is 2.51. The van der Waals surface area contributed by atoms with Gasteiger partial charge >= 0.3 is 6.18 Å². The number of β-amino-alcohol motifs (C(OH)–C–C–N with tert-alkyl or cyclic N) is 1. The van der Waals surface area contributed by atoms with Crippen molar-refractivity contribution in [2.75, 3.05) is 42.8 Å². The summed E-state index contributed by atoms with van der Waals surface area (Å²) >= 11 is 7.18. The van der Waals surface area contributed by atoms with E-state index in [9.17, 15) is 42.7 Å². The molecule has 1 saturated carbocycles. The van der Waals surface area contributed by atoms with Gasteiger partial charge in [0.2, 0.25) is 11.8 Å². The zero-order chi connectivity index (χ0) is 55.6. The van der Waals surface area contributed by atoms with Crippen molar-refractivity contribution in [3.05, 3.63) is 124 Å². The van der Waals surface area contributed by atoms with E-state index in [-0.39, 0.29) is 93.2 Å². The average Bonchev–Trinajstić information content (AvgIpc) is 4.39. The minimum Gasteiger partial charge on any atom is -0.491 e. The lowest BCUT2D eigenvalue weighted by atomic mass is 10.0. The van der Waals surface area contributed by atoms with Crippen LogP contribution in [0.1, 0.15) is 91.7 Å². The van der Waals surface area contributed by atoms with Crippen molar-refractivity contribution in [1.29, 1.82) is 5.26 Å². The van der Waals surface area contributed by atoms with E-state index in [1.54, 1.807) is 71.6 Å². The number of ether oxygens (including phenoxy) is 4. The van der Waals surface area contributed by atoms with Crippen LogP contribution in [0.5, 0.6) is 11.5 Å². The van der Waals surface area contributed by atoms with Gasteiger partial charge in [-0.3, -0.25) is 24.1 Å². The molecular formula is C57H60F3N7O9S2. The Hall–Kier alpha value is -6.96. The van der Waals surface area contributed by atoms with Gasteiger partial charge in [-0.2, -0.15) is 18.4 Å². The molecule has 9 rings (SSSR count). The molecule has 1 aromatic heterocycles. The number of alkyl halides is 3. The van der Waals surface area contributed by atoms with E-state index in [0.717, 1.165) is 58.0 Å². The number of nitriles is 1. The van der Waals surface area contributed by atoms with Crippen LogP contribution in [0.2, 0.25) is 0 Å². The van der Waals surface area contributed by atoms with Gasteiger partial charge < -0.3 is 44.1 Å². The first-order chi connectivity index (χ1) is 37.3. The lowest BCUT2D eigenvalue weighted by molar-refractivity contribution is -0.143. The standard InChI is InChI=1S/C57H60F3N7O9S2/c1-33(2)49(65-30-38-9-6-7-10-43(38)52(65)70)53(71)64-31-41(68)27-45(64)51(69)62-29-37-14-13-35(50-34(3)63-32-78-50)25-48(37)76-24-23-75-47-12-8-11-46(47)74-22-21-73-42-19-17-39(18-20-42)67-55(77)66(54(72)56(67,4)5)40-16-15-36(28-61)44(26-40)57(58,59)60/h6-7,9-10,13-20,25-26,32-33,41,45-47,49,68H,8,11-12,21-24,27,29-31H2,1-5H3,(H,62,69)/t41-,45+,46+,47-,49+/m1/s1. The van der Waals surface area contributed by atoms with E-state index in [1.807, 2.05) is 51.1 Å². The van der Waals surface area contributed by atoms with Crippen LogP contribution in [0.25, 0.3) is 10.4 Å². The van der Waals surface area contributed by atoms with Crippen LogP contribution >= 0.6 is 23.6 Å². The van der Waals surface area contributed by atoms with E-state index in [4.69, 9.17) is 31.2 Å². The summed E-state index contributed by atoms with van der Waals surface area (Å²) in [5.74, 6) is -0.770. The largest absolute Gasteiger partial charge is 0.491 e.